The quantitative estimate of drug-likeness (QED) is 0.844. The van der Waals surface area contributed by atoms with E-state index in [1.165, 1.54) is 12.1 Å². The minimum atomic E-state index is -3.43. The van der Waals surface area contributed by atoms with Gasteiger partial charge in [-0.15, -0.1) is 0 Å². The molecule has 1 saturated carbocycles. The number of benzene rings is 2. The van der Waals surface area contributed by atoms with Crippen LogP contribution in [0.2, 0.25) is 0 Å². The molecule has 0 aliphatic heterocycles. The van der Waals surface area contributed by atoms with E-state index in [0.717, 1.165) is 31.2 Å². The Morgan fingerprint density at radius 2 is 1.58 bits per heavy atom. The molecule has 3 N–H and O–H groups in total. The van der Waals surface area contributed by atoms with E-state index in [1.54, 1.807) is 24.3 Å². The molecule has 0 bridgehead atoms. The minimum absolute atomic E-state index is 0.0539. The molecule has 1 aliphatic rings. The maximum absolute atomic E-state index is 12.5. The number of sulfone groups is 1. The van der Waals surface area contributed by atoms with Gasteiger partial charge in [-0.25, -0.2) is 8.42 Å². The summed E-state index contributed by atoms with van der Waals surface area (Å²) in [5.74, 6) is -0.223. The second-order valence-corrected chi connectivity index (χ2v) is 8.84. The highest BCUT2D eigenvalue weighted by atomic mass is 32.2. The molecule has 6 heteroatoms. The second-order valence-electron chi connectivity index (χ2n) is 6.85. The molecule has 5 nitrogen and oxygen atoms in total. The fourth-order valence-electron chi connectivity index (χ4n) is 3.22. The highest BCUT2D eigenvalue weighted by Gasteiger charge is 2.21. The fraction of sp³-hybridized carbons (Fsp3) is 0.350. The van der Waals surface area contributed by atoms with Crippen molar-refractivity contribution in [3.05, 3.63) is 65.7 Å². The second kappa shape index (κ2) is 8.01. The first-order chi connectivity index (χ1) is 12.4. The van der Waals surface area contributed by atoms with Crippen molar-refractivity contribution in [1.82, 2.24) is 5.32 Å². The first-order valence-electron chi connectivity index (χ1n) is 8.87. The first-order valence-corrected chi connectivity index (χ1v) is 10.5. The summed E-state index contributed by atoms with van der Waals surface area (Å²) >= 11 is 0. The largest absolute Gasteiger partial charge is 0.349 e. The highest BCUT2D eigenvalue weighted by molar-refractivity contribution is 7.90. The van der Waals surface area contributed by atoms with Gasteiger partial charge < -0.3 is 11.1 Å². The van der Waals surface area contributed by atoms with Gasteiger partial charge in [-0.2, -0.15) is 0 Å². The Kier molecular flexibility index (Phi) is 5.74. The van der Waals surface area contributed by atoms with E-state index in [9.17, 15) is 13.2 Å². The molecule has 2 aromatic rings. The molecule has 0 saturated heterocycles. The molecule has 2 aromatic carbocycles. The molecule has 0 heterocycles. The van der Waals surface area contributed by atoms with Crippen LogP contribution in [-0.4, -0.2) is 26.4 Å². The average Bonchev–Trinajstić information content (AvgIpc) is 2.64. The highest BCUT2D eigenvalue weighted by Crippen LogP contribution is 2.19. The molecule has 1 fully saturated rings. The van der Waals surface area contributed by atoms with Crippen molar-refractivity contribution in [2.24, 2.45) is 5.73 Å². The third-order valence-electron chi connectivity index (χ3n) is 4.78. The van der Waals surface area contributed by atoms with Crippen molar-refractivity contribution in [3.8, 4) is 0 Å². The molecule has 0 radical (unpaired) electrons. The van der Waals surface area contributed by atoms with Crippen LogP contribution in [0.4, 0.5) is 0 Å². The summed E-state index contributed by atoms with van der Waals surface area (Å²) < 4.78 is 25.0. The van der Waals surface area contributed by atoms with Crippen LogP contribution >= 0.6 is 0 Å². The molecule has 0 spiro atoms. The Labute approximate surface area is 154 Å². The number of nitrogens with one attached hydrogen (secondary N) is 1. The van der Waals surface area contributed by atoms with Gasteiger partial charge in [0.15, 0.2) is 9.84 Å². The summed E-state index contributed by atoms with van der Waals surface area (Å²) in [6, 6.07) is 15.6. The van der Waals surface area contributed by atoms with E-state index in [4.69, 9.17) is 5.73 Å². The fourth-order valence-corrected chi connectivity index (χ4v) is 4.57. The van der Waals surface area contributed by atoms with Crippen LogP contribution in [0.5, 0.6) is 0 Å². The van der Waals surface area contributed by atoms with Gasteiger partial charge in [0, 0.05) is 17.6 Å². The van der Waals surface area contributed by atoms with Gasteiger partial charge in [0.25, 0.3) is 5.91 Å². The van der Waals surface area contributed by atoms with Crippen molar-refractivity contribution in [1.29, 1.82) is 0 Å². The Morgan fingerprint density at radius 1 is 0.962 bits per heavy atom. The lowest BCUT2D eigenvalue weighted by Crippen LogP contribution is -2.40. The van der Waals surface area contributed by atoms with Gasteiger partial charge in [0.2, 0.25) is 0 Å². The molecule has 0 aromatic heterocycles. The van der Waals surface area contributed by atoms with Crippen LogP contribution in [0.25, 0.3) is 0 Å². The third kappa shape index (κ3) is 4.71. The van der Waals surface area contributed by atoms with Crippen LogP contribution in [0.15, 0.2) is 59.5 Å². The Hall–Kier alpha value is -2.18. The molecule has 26 heavy (non-hydrogen) atoms. The molecule has 1 aliphatic carbocycles. The van der Waals surface area contributed by atoms with Crippen LogP contribution in [0.3, 0.4) is 0 Å². The number of rotatable bonds is 5. The predicted octanol–water partition coefficient (Wildman–Crippen LogP) is 2.66. The Bertz CT molecular complexity index is 840. The third-order valence-corrected chi connectivity index (χ3v) is 6.49. The topological polar surface area (TPSA) is 89.3 Å². The maximum Gasteiger partial charge on any atom is 0.251 e. The summed E-state index contributed by atoms with van der Waals surface area (Å²) in [6.07, 6.45) is 3.61. The van der Waals surface area contributed by atoms with Crippen molar-refractivity contribution in [2.45, 2.75) is 48.4 Å². The number of hydrogen-bond acceptors (Lipinski definition) is 4. The van der Waals surface area contributed by atoms with E-state index in [0.29, 0.717) is 5.56 Å². The smallest absolute Gasteiger partial charge is 0.251 e. The summed E-state index contributed by atoms with van der Waals surface area (Å²) in [5.41, 5.74) is 7.09. The number of carbonyl (C=O) groups is 1. The lowest BCUT2D eigenvalue weighted by Gasteiger charge is -2.26. The Balaban J connectivity index is 1.65. The van der Waals surface area contributed by atoms with Crippen molar-refractivity contribution in [3.63, 3.8) is 0 Å². The van der Waals surface area contributed by atoms with Crippen LogP contribution in [0, 0.1) is 0 Å². The van der Waals surface area contributed by atoms with Crippen LogP contribution in [0.1, 0.15) is 41.6 Å². The van der Waals surface area contributed by atoms with E-state index in [-0.39, 0.29) is 28.6 Å². The molecule has 0 atom stereocenters. The summed E-state index contributed by atoms with van der Waals surface area (Å²) in [6.45, 7) is 0. The summed E-state index contributed by atoms with van der Waals surface area (Å²) in [7, 11) is -3.43. The molecule has 3 rings (SSSR count). The predicted molar refractivity (Wildman–Crippen MR) is 101 cm³/mol. The summed E-state index contributed by atoms with van der Waals surface area (Å²) in [5, 5.41) is 3.01. The van der Waals surface area contributed by atoms with Gasteiger partial charge >= 0.3 is 0 Å². The van der Waals surface area contributed by atoms with E-state index in [1.807, 2.05) is 18.2 Å². The van der Waals surface area contributed by atoms with Crippen LogP contribution in [-0.2, 0) is 15.6 Å². The van der Waals surface area contributed by atoms with E-state index < -0.39 is 9.84 Å². The number of amides is 1. The molecular weight excluding hydrogens is 348 g/mol. The zero-order valence-corrected chi connectivity index (χ0v) is 15.4. The van der Waals surface area contributed by atoms with Crippen molar-refractivity contribution >= 4 is 15.7 Å². The average molecular weight is 372 g/mol. The molecule has 138 valence electrons. The zero-order valence-electron chi connectivity index (χ0n) is 14.6. The molecule has 1 amide bonds. The lowest BCUT2D eigenvalue weighted by atomic mass is 9.91. The van der Waals surface area contributed by atoms with E-state index >= 15 is 0 Å². The van der Waals surface area contributed by atoms with Crippen molar-refractivity contribution < 1.29 is 13.2 Å². The summed E-state index contributed by atoms with van der Waals surface area (Å²) in [4.78, 5) is 12.6. The first kappa shape index (κ1) is 18.6. The maximum atomic E-state index is 12.5. The SMILES string of the molecule is NC1CCC(NC(=O)c2ccc(S(=O)(=O)Cc3ccccc3)cc2)CC1. The molecule has 0 unspecified atom stereocenters. The monoisotopic (exact) mass is 372 g/mol. The van der Waals surface area contributed by atoms with Gasteiger partial charge in [-0.3, -0.25) is 4.79 Å². The standard InChI is InChI=1S/C20H24N2O3S/c21-17-8-10-18(11-9-17)22-20(23)16-6-12-19(13-7-16)26(24,25)14-15-4-2-1-3-5-15/h1-7,12-13,17-18H,8-11,14,21H2,(H,22,23). The Morgan fingerprint density at radius 3 is 2.19 bits per heavy atom. The van der Waals surface area contributed by atoms with Gasteiger partial charge in [0.1, 0.15) is 0 Å². The van der Waals surface area contributed by atoms with E-state index in [2.05, 4.69) is 5.32 Å². The zero-order chi connectivity index (χ0) is 18.6. The van der Waals surface area contributed by atoms with Gasteiger partial charge in [-0.05, 0) is 55.5 Å². The lowest BCUT2D eigenvalue weighted by molar-refractivity contribution is 0.0926. The van der Waals surface area contributed by atoms with Gasteiger partial charge in [0.05, 0.1) is 10.6 Å². The number of carbonyl (C=O) groups excluding carboxylic acids is 1. The van der Waals surface area contributed by atoms with Gasteiger partial charge in [-0.1, -0.05) is 30.3 Å². The normalized spacial score (nSPS) is 20.5. The minimum Gasteiger partial charge on any atom is -0.349 e. The molecular formula is C20H24N2O3S. The number of hydrogen-bond donors (Lipinski definition) is 2. The van der Waals surface area contributed by atoms with Crippen molar-refractivity contribution in [2.75, 3.05) is 0 Å². The number of nitrogens with two attached hydrogens (primary N) is 1. The van der Waals surface area contributed by atoms with Crippen LogP contribution < -0.4 is 11.1 Å².